The lowest BCUT2D eigenvalue weighted by atomic mass is 10.0. The van der Waals surface area contributed by atoms with E-state index in [2.05, 4.69) is 4.99 Å². The molecule has 1 heterocycles. The summed E-state index contributed by atoms with van der Waals surface area (Å²) in [5, 5.41) is 0. The third-order valence-corrected chi connectivity index (χ3v) is 4.13. The van der Waals surface area contributed by atoms with E-state index in [9.17, 15) is 4.79 Å². The number of benzene rings is 2. The van der Waals surface area contributed by atoms with Gasteiger partial charge in [-0.1, -0.05) is 36.4 Å². The predicted octanol–water partition coefficient (Wildman–Crippen LogP) is 3.18. The van der Waals surface area contributed by atoms with E-state index in [0.29, 0.717) is 11.5 Å². The number of hydrogen-bond donors (Lipinski definition) is 0. The number of nitrogens with zero attached hydrogens (tertiary/aromatic N) is 2. The van der Waals surface area contributed by atoms with Crippen molar-refractivity contribution in [2.75, 3.05) is 32.7 Å². The molecule has 2 aromatic rings. The van der Waals surface area contributed by atoms with E-state index in [4.69, 9.17) is 9.47 Å². The zero-order valence-electron chi connectivity index (χ0n) is 14.5. The molecule has 0 saturated carbocycles. The number of fused-ring (bicyclic) bond motifs is 1. The molecule has 0 spiro atoms. The first-order valence-electron chi connectivity index (χ1n) is 7.94. The van der Waals surface area contributed by atoms with Crippen LogP contribution < -0.4 is 14.4 Å². The van der Waals surface area contributed by atoms with Gasteiger partial charge in [0, 0.05) is 18.7 Å². The molecule has 0 atom stereocenters. The second kappa shape index (κ2) is 7.21. The maximum Gasteiger partial charge on any atom is 0.248 e. The smallest absolute Gasteiger partial charge is 0.248 e. The number of allylic oxidation sites excluding steroid dienone is 1. The zero-order chi connectivity index (χ0) is 17.8. The van der Waals surface area contributed by atoms with Crippen LogP contribution >= 0.6 is 0 Å². The van der Waals surface area contributed by atoms with Gasteiger partial charge in [-0.05, 0) is 17.7 Å². The summed E-state index contributed by atoms with van der Waals surface area (Å²) in [6.07, 6.45) is 3.90. The molecule has 1 amide bonds. The first-order chi connectivity index (χ1) is 12.1. The van der Waals surface area contributed by atoms with Crippen LogP contribution in [-0.2, 0) is 4.79 Å². The molecule has 0 saturated heterocycles. The van der Waals surface area contributed by atoms with Crippen molar-refractivity contribution in [1.29, 1.82) is 0 Å². The van der Waals surface area contributed by atoms with Crippen molar-refractivity contribution < 1.29 is 14.3 Å². The average Bonchev–Trinajstić information content (AvgIpc) is 2.77. The van der Waals surface area contributed by atoms with Gasteiger partial charge in [-0.15, -0.1) is 0 Å². The van der Waals surface area contributed by atoms with Gasteiger partial charge in [0.2, 0.25) is 5.91 Å². The number of rotatable bonds is 4. The fourth-order valence-corrected chi connectivity index (χ4v) is 2.71. The van der Waals surface area contributed by atoms with E-state index >= 15 is 0 Å². The molecule has 0 unspecified atom stereocenters. The number of anilines is 1. The van der Waals surface area contributed by atoms with Crippen LogP contribution in [0, 0.1) is 0 Å². The molecule has 3 rings (SSSR count). The number of ether oxygens (including phenoxy) is 2. The average molecular weight is 336 g/mol. The molecule has 25 heavy (non-hydrogen) atoms. The van der Waals surface area contributed by atoms with Gasteiger partial charge in [0.15, 0.2) is 11.5 Å². The molecular weight excluding hydrogens is 316 g/mol. The molecule has 5 nitrogen and oxygen atoms in total. The van der Waals surface area contributed by atoms with Crippen LogP contribution in [0.1, 0.15) is 11.1 Å². The lowest BCUT2D eigenvalue weighted by Gasteiger charge is -2.20. The molecule has 0 bridgehead atoms. The van der Waals surface area contributed by atoms with E-state index in [-0.39, 0.29) is 12.5 Å². The van der Waals surface area contributed by atoms with E-state index in [1.54, 1.807) is 26.2 Å². The minimum absolute atomic E-state index is 0.0726. The summed E-state index contributed by atoms with van der Waals surface area (Å²) in [5.41, 5.74) is 3.38. The summed E-state index contributed by atoms with van der Waals surface area (Å²) in [5.74, 6) is 1.11. The molecule has 1 aliphatic heterocycles. The van der Waals surface area contributed by atoms with Crippen molar-refractivity contribution in [3.05, 3.63) is 59.7 Å². The summed E-state index contributed by atoms with van der Waals surface area (Å²) >= 11 is 0. The number of aliphatic imine (C=N–C) groups is 1. The number of amides is 1. The van der Waals surface area contributed by atoms with Crippen LogP contribution in [0.3, 0.4) is 0 Å². The number of hydrogen-bond acceptors (Lipinski definition) is 4. The monoisotopic (exact) mass is 336 g/mol. The Hall–Kier alpha value is -3.08. The molecular formula is C20H20N2O3. The lowest BCUT2D eigenvalue weighted by Crippen LogP contribution is -2.27. The Balaban J connectivity index is 2.10. The molecule has 0 fully saturated rings. The zero-order valence-corrected chi connectivity index (χ0v) is 14.5. The van der Waals surface area contributed by atoms with Crippen LogP contribution in [0.25, 0.3) is 6.08 Å². The second-order valence-electron chi connectivity index (χ2n) is 5.62. The maximum atomic E-state index is 12.3. The molecule has 5 heteroatoms. The SMILES string of the molecule is COc1cc2c(cc1OC)N(C)C(=O)CN=C2/C=C/c1ccccc1. The number of carbonyl (C=O) groups is 1. The van der Waals surface area contributed by atoms with Gasteiger partial charge in [-0.2, -0.15) is 0 Å². The lowest BCUT2D eigenvalue weighted by molar-refractivity contribution is -0.116. The first-order valence-corrected chi connectivity index (χ1v) is 7.94. The summed E-state index contributed by atoms with van der Waals surface area (Å²) < 4.78 is 10.8. The van der Waals surface area contributed by atoms with Crippen molar-refractivity contribution in [2.45, 2.75) is 0 Å². The van der Waals surface area contributed by atoms with Gasteiger partial charge in [0.25, 0.3) is 0 Å². The van der Waals surface area contributed by atoms with E-state index in [0.717, 1.165) is 22.5 Å². The Bertz CT molecular complexity index is 842. The Labute approximate surface area is 147 Å². The molecule has 0 aliphatic carbocycles. The molecule has 0 aromatic heterocycles. The number of benzodiazepines with no additional fused rings is 1. The van der Waals surface area contributed by atoms with Gasteiger partial charge < -0.3 is 14.4 Å². The fraction of sp³-hybridized carbons (Fsp3) is 0.200. The van der Waals surface area contributed by atoms with Crippen LogP contribution in [0.2, 0.25) is 0 Å². The summed E-state index contributed by atoms with van der Waals surface area (Å²) in [7, 11) is 4.91. The normalized spacial score (nSPS) is 14.1. The summed E-state index contributed by atoms with van der Waals surface area (Å²) in [4.78, 5) is 18.4. The quantitative estimate of drug-likeness (QED) is 0.862. The van der Waals surface area contributed by atoms with Crippen molar-refractivity contribution in [3.8, 4) is 11.5 Å². The van der Waals surface area contributed by atoms with Crippen molar-refractivity contribution in [1.82, 2.24) is 0 Å². The van der Waals surface area contributed by atoms with Gasteiger partial charge in [-0.3, -0.25) is 9.79 Å². The van der Waals surface area contributed by atoms with Crippen LogP contribution in [-0.4, -0.2) is 39.4 Å². The number of methoxy groups -OCH3 is 2. The van der Waals surface area contributed by atoms with Crippen molar-refractivity contribution in [2.24, 2.45) is 4.99 Å². The largest absolute Gasteiger partial charge is 0.493 e. The molecule has 1 aliphatic rings. The van der Waals surface area contributed by atoms with Gasteiger partial charge in [0.1, 0.15) is 6.54 Å². The first kappa shape index (κ1) is 16.8. The highest BCUT2D eigenvalue weighted by molar-refractivity contribution is 6.18. The second-order valence-corrected chi connectivity index (χ2v) is 5.62. The Morgan fingerprint density at radius 3 is 2.40 bits per heavy atom. The topological polar surface area (TPSA) is 51.1 Å². The number of likely N-dealkylation sites (N-methyl/N-ethyl adjacent to an activating group) is 1. The van der Waals surface area contributed by atoms with Crippen LogP contribution in [0.15, 0.2) is 53.5 Å². The van der Waals surface area contributed by atoms with E-state index in [1.165, 1.54) is 0 Å². The van der Waals surface area contributed by atoms with Crippen molar-refractivity contribution >= 4 is 23.4 Å². The maximum absolute atomic E-state index is 12.3. The summed E-state index contributed by atoms with van der Waals surface area (Å²) in [6, 6.07) is 13.6. The molecule has 128 valence electrons. The van der Waals surface area contributed by atoms with E-state index in [1.807, 2.05) is 54.6 Å². The standard InChI is InChI=1S/C20H20N2O3/c1-22-17-12-19(25-3)18(24-2)11-15(17)16(21-13-20(22)23)10-9-14-7-5-4-6-8-14/h4-12H,13H2,1-3H3/b10-9+. The fourth-order valence-electron chi connectivity index (χ4n) is 2.71. The third-order valence-electron chi connectivity index (χ3n) is 4.13. The number of carbonyl (C=O) groups excluding carboxylic acids is 1. The highest BCUT2D eigenvalue weighted by Crippen LogP contribution is 2.36. The Kier molecular flexibility index (Phi) is 4.84. The van der Waals surface area contributed by atoms with Gasteiger partial charge in [0.05, 0.1) is 25.6 Å². The minimum Gasteiger partial charge on any atom is -0.493 e. The third kappa shape index (κ3) is 3.40. The molecule has 0 radical (unpaired) electrons. The van der Waals surface area contributed by atoms with Crippen LogP contribution in [0.4, 0.5) is 5.69 Å². The van der Waals surface area contributed by atoms with Crippen LogP contribution in [0.5, 0.6) is 11.5 Å². The highest BCUT2D eigenvalue weighted by atomic mass is 16.5. The summed E-state index contributed by atoms with van der Waals surface area (Å²) in [6.45, 7) is 0.101. The highest BCUT2D eigenvalue weighted by Gasteiger charge is 2.23. The van der Waals surface area contributed by atoms with Crippen molar-refractivity contribution in [3.63, 3.8) is 0 Å². The predicted molar refractivity (Wildman–Crippen MR) is 99.8 cm³/mol. The molecule has 2 aromatic carbocycles. The Morgan fingerprint density at radius 2 is 1.72 bits per heavy atom. The van der Waals surface area contributed by atoms with Gasteiger partial charge in [-0.25, -0.2) is 0 Å². The van der Waals surface area contributed by atoms with Gasteiger partial charge >= 0.3 is 0 Å². The minimum atomic E-state index is -0.0726. The molecule has 0 N–H and O–H groups in total. The Morgan fingerprint density at radius 1 is 1.04 bits per heavy atom. The van der Waals surface area contributed by atoms with E-state index < -0.39 is 0 Å².